The second kappa shape index (κ2) is 11.1. The van der Waals surface area contributed by atoms with Crippen molar-refractivity contribution >= 4 is 28.9 Å². The number of ether oxygens (including phenoxy) is 1. The third-order valence-electron chi connectivity index (χ3n) is 7.63. The molecule has 0 saturated carbocycles. The predicted octanol–water partition coefficient (Wildman–Crippen LogP) is 3.73. The number of nitrogens with zero attached hydrogens (tertiary/aromatic N) is 1. The molecule has 5 atom stereocenters. The second-order valence-corrected chi connectivity index (χ2v) is 10.4. The highest BCUT2D eigenvalue weighted by Crippen LogP contribution is 2.33. The zero-order valence-corrected chi connectivity index (χ0v) is 22.1. The Bertz CT molecular complexity index is 1190. The van der Waals surface area contributed by atoms with Crippen LogP contribution in [0.25, 0.3) is 0 Å². The SMILES string of the molecule is CC[C@H]1CCCCN1C(=O)C[C@H](NC1Nc2ccc(C)cc2O1)C(=O)N[C@@H](C)C1Nc2cccc(F)c2N1. The van der Waals surface area contributed by atoms with Crippen LogP contribution in [0.5, 0.6) is 5.75 Å². The number of hydrogen-bond donors (Lipinski definition) is 5. The molecule has 1 fully saturated rings. The van der Waals surface area contributed by atoms with Crippen molar-refractivity contribution in [3.8, 4) is 5.75 Å². The van der Waals surface area contributed by atoms with Gasteiger partial charge in [0.1, 0.15) is 17.7 Å². The average molecular weight is 525 g/mol. The lowest BCUT2D eigenvalue weighted by Gasteiger charge is -2.36. The fourth-order valence-electron chi connectivity index (χ4n) is 5.48. The smallest absolute Gasteiger partial charge is 0.238 e. The van der Waals surface area contributed by atoms with Crippen LogP contribution in [0.1, 0.15) is 51.5 Å². The van der Waals surface area contributed by atoms with E-state index in [0.29, 0.717) is 23.7 Å². The third-order valence-corrected chi connectivity index (χ3v) is 7.63. The molecule has 0 aliphatic carbocycles. The molecule has 2 unspecified atom stereocenters. The monoisotopic (exact) mass is 524 g/mol. The highest BCUT2D eigenvalue weighted by molar-refractivity contribution is 5.89. The zero-order valence-electron chi connectivity index (χ0n) is 22.1. The van der Waals surface area contributed by atoms with Crippen LogP contribution in [0.15, 0.2) is 36.4 Å². The maximum Gasteiger partial charge on any atom is 0.238 e. The van der Waals surface area contributed by atoms with Crippen LogP contribution in [-0.4, -0.2) is 53.9 Å². The third kappa shape index (κ3) is 5.50. The lowest BCUT2D eigenvalue weighted by Crippen LogP contribution is -2.57. The van der Waals surface area contributed by atoms with Gasteiger partial charge in [-0.05, 0) is 69.4 Å². The number of halogens is 1. The van der Waals surface area contributed by atoms with E-state index in [1.54, 1.807) is 12.1 Å². The minimum atomic E-state index is -0.835. The van der Waals surface area contributed by atoms with E-state index in [9.17, 15) is 14.0 Å². The largest absolute Gasteiger partial charge is 0.455 e. The maximum absolute atomic E-state index is 14.2. The molecule has 2 amide bonds. The van der Waals surface area contributed by atoms with Gasteiger partial charge in [0, 0.05) is 12.6 Å². The van der Waals surface area contributed by atoms with Gasteiger partial charge in [-0.25, -0.2) is 4.39 Å². The number of rotatable bonds is 8. The van der Waals surface area contributed by atoms with Gasteiger partial charge in [0.25, 0.3) is 0 Å². The summed E-state index contributed by atoms with van der Waals surface area (Å²) in [7, 11) is 0. The Labute approximate surface area is 222 Å². The molecule has 3 heterocycles. The number of fused-ring (bicyclic) bond motifs is 2. The first kappa shape index (κ1) is 26.1. The fraction of sp³-hybridized carbons (Fsp3) is 0.500. The maximum atomic E-state index is 14.2. The number of amides is 2. The van der Waals surface area contributed by atoms with Crippen molar-refractivity contribution in [2.75, 3.05) is 22.5 Å². The summed E-state index contributed by atoms with van der Waals surface area (Å²) < 4.78 is 20.2. The van der Waals surface area contributed by atoms with Crippen molar-refractivity contribution in [2.24, 2.45) is 0 Å². The minimum Gasteiger partial charge on any atom is -0.455 e. The summed E-state index contributed by atoms with van der Waals surface area (Å²) in [4.78, 5) is 28.9. The number of carbonyl (C=O) groups is 2. The highest BCUT2D eigenvalue weighted by atomic mass is 19.1. The summed E-state index contributed by atoms with van der Waals surface area (Å²) in [6.07, 6.45) is 2.92. The van der Waals surface area contributed by atoms with Crippen LogP contribution in [-0.2, 0) is 9.59 Å². The van der Waals surface area contributed by atoms with Crippen LogP contribution >= 0.6 is 0 Å². The Balaban J connectivity index is 1.28. The molecule has 204 valence electrons. The van der Waals surface area contributed by atoms with Crippen molar-refractivity contribution in [1.29, 1.82) is 0 Å². The van der Waals surface area contributed by atoms with Crippen molar-refractivity contribution < 1.29 is 18.7 Å². The molecule has 5 rings (SSSR count). The summed E-state index contributed by atoms with van der Waals surface area (Å²) in [5.74, 6) is -0.0294. The first-order valence-corrected chi connectivity index (χ1v) is 13.5. The minimum absolute atomic E-state index is 0.00629. The van der Waals surface area contributed by atoms with Gasteiger partial charge in [-0.1, -0.05) is 19.1 Å². The van der Waals surface area contributed by atoms with Crippen LogP contribution in [0.4, 0.5) is 21.5 Å². The van der Waals surface area contributed by atoms with Gasteiger partial charge < -0.3 is 30.9 Å². The van der Waals surface area contributed by atoms with E-state index in [1.165, 1.54) is 6.07 Å². The Kier molecular flexibility index (Phi) is 7.60. The number of benzene rings is 2. The van der Waals surface area contributed by atoms with E-state index < -0.39 is 24.6 Å². The number of likely N-dealkylation sites (tertiary alicyclic amines) is 1. The Morgan fingerprint density at radius 2 is 2.00 bits per heavy atom. The standard InChI is InChI=1S/C28H37FN6O3/c1-4-18-8-5-6-13-35(18)24(36)15-22(33-28-32-20-12-11-16(2)14-23(20)38-28)27(37)30-17(3)26-31-21-10-7-9-19(29)25(21)34-26/h7,9-12,14,17-18,22,26,28,31-34H,4-6,8,13,15H2,1-3H3,(H,30,37)/t17-,18-,22-,26?,28?/m0/s1. The molecule has 10 heteroatoms. The van der Waals surface area contributed by atoms with E-state index in [-0.39, 0.29) is 30.1 Å². The molecule has 3 aliphatic heterocycles. The van der Waals surface area contributed by atoms with Gasteiger partial charge in [-0.15, -0.1) is 0 Å². The number of para-hydroxylation sites is 1. The molecule has 1 saturated heterocycles. The zero-order chi connectivity index (χ0) is 26.8. The van der Waals surface area contributed by atoms with Crippen molar-refractivity contribution in [2.45, 2.75) is 83.5 Å². The predicted molar refractivity (Wildman–Crippen MR) is 145 cm³/mol. The first-order valence-electron chi connectivity index (χ1n) is 13.5. The number of carbonyl (C=O) groups excluding carboxylic acids is 2. The van der Waals surface area contributed by atoms with Crippen LogP contribution < -0.4 is 31.3 Å². The summed E-state index contributed by atoms with van der Waals surface area (Å²) >= 11 is 0. The number of piperidine rings is 1. The number of aryl methyl sites for hydroxylation is 1. The molecule has 0 aromatic heterocycles. The molecular formula is C28H37FN6O3. The fourth-order valence-corrected chi connectivity index (χ4v) is 5.48. The van der Waals surface area contributed by atoms with Crippen LogP contribution in [0.3, 0.4) is 0 Å². The number of nitrogens with one attached hydrogen (secondary N) is 5. The molecule has 2 aromatic rings. The molecule has 38 heavy (non-hydrogen) atoms. The molecule has 0 bridgehead atoms. The summed E-state index contributed by atoms with van der Waals surface area (Å²) in [6.45, 7) is 6.63. The quantitative estimate of drug-likeness (QED) is 0.358. The second-order valence-electron chi connectivity index (χ2n) is 10.4. The van der Waals surface area contributed by atoms with Gasteiger partial charge in [-0.2, -0.15) is 0 Å². The van der Waals surface area contributed by atoms with E-state index in [4.69, 9.17) is 4.74 Å². The molecular weight excluding hydrogens is 487 g/mol. The van der Waals surface area contributed by atoms with E-state index in [0.717, 1.165) is 36.9 Å². The lowest BCUT2D eigenvalue weighted by molar-refractivity contribution is -0.138. The lowest BCUT2D eigenvalue weighted by atomic mass is 9.99. The van der Waals surface area contributed by atoms with Crippen molar-refractivity contribution in [3.63, 3.8) is 0 Å². The van der Waals surface area contributed by atoms with Gasteiger partial charge in [0.05, 0.1) is 35.6 Å². The summed E-state index contributed by atoms with van der Waals surface area (Å²) in [5.41, 5.74) is 2.92. The highest BCUT2D eigenvalue weighted by Gasteiger charge is 2.35. The van der Waals surface area contributed by atoms with Crippen LogP contribution in [0.2, 0.25) is 0 Å². The van der Waals surface area contributed by atoms with Crippen molar-refractivity contribution in [3.05, 3.63) is 47.8 Å². The van der Waals surface area contributed by atoms with Gasteiger partial charge in [0.15, 0.2) is 0 Å². The van der Waals surface area contributed by atoms with E-state index in [2.05, 4.69) is 33.5 Å². The van der Waals surface area contributed by atoms with Gasteiger partial charge in [-0.3, -0.25) is 14.9 Å². The Hall–Kier alpha value is -3.53. The van der Waals surface area contributed by atoms with E-state index >= 15 is 0 Å². The molecule has 3 aliphatic rings. The average Bonchev–Trinajstić information content (AvgIpc) is 3.52. The molecule has 0 spiro atoms. The van der Waals surface area contributed by atoms with Crippen LogP contribution in [0, 0.1) is 12.7 Å². The van der Waals surface area contributed by atoms with Gasteiger partial charge >= 0.3 is 0 Å². The number of hydrogen-bond acceptors (Lipinski definition) is 7. The molecule has 9 nitrogen and oxygen atoms in total. The Morgan fingerprint density at radius 1 is 1.16 bits per heavy atom. The topological polar surface area (TPSA) is 107 Å². The summed E-state index contributed by atoms with van der Waals surface area (Å²) in [6, 6.07) is 9.63. The first-order chi connectivity index (χ1) is 18.3. The molecule has 2 aromatic carbocycles. The van der Waals surface area contributed by atoms with Crippen molar-refractivity contribution in [1.82, 2.24) is 15.5 Å². The van der Waals surface area contributed by atoms with Gasteiger partial charge in [0.2, 0.25) is 18.2 Å². The molecule has 0 radical (unpaired) electrons. The normalized spacial score (nSPS) is 23.2. The van der Waals surface area contributed by atoms with E-state index in [1.807, 2.05) is 36.9 Å². The molecule has 5 N–H and O–H groups in total. The Morgan fingerprint density at radius 3 is 2.79 bits per heavy atom. The summed E-state index contributed by atoms with van der Waals surface area (Å²) in [5, 5.41) is 15.8. The number of anilines is 3.